The number of rotatable bonds is 3. The monoisotopic (exact) mass is 448 g/mol. The van der Waals surface area contributed by atoms with Gasteiger partial charge in [0.25, 0.3) is 11.8 Å². The molecule has 2 amide bonds. The van der Waals surface area contributed by atoms with E-state index in [2.05, 4.69) is 5.32 Å². The number of fused-ring (bicyclic) bond motifs is 2. The molecule has 7 nitrogen and oxygen atoms in total. The molecule has 1 fully saturated rings. The van der Waals surface area contributed by atoms with Crippen molar-refractivity contribution in [3.05, 3.63) is 52.6 Å². The zero-order valence-corrected chi connectivity index (χ0v) is 18.7. The molecule has 1 saturated heterocycles. The Balaban J connectivity index is 1.25. The van der Waals surface area contributed by atoms with Crippen LogP contribution in [0.1, 0.15) is 64.4 Å². The standard InChI is InChI=1S/C26H28N2O5/c1-15-25(31)27-21-13-19(6-7-23(21)33-15)24(30)16-8-10-28(11-9-16)26(32)20-12-17-4-2-3-5-18(17)14-22(20)29/h6-7,12-16,29H,2-5,8-11H2,1H3,(H,27,31). The largest absolute Gasteiger partial charge is 0.507 e. The quantitative estimate of drug-likeness (QED) is 0.698. The molecule has 5 rings (SSSR count). The number of ketones is 1. The lowest BCUT2D eigenvalue weighted by molar-refractivity contribution is -0.122. The van der Waals surface area contributed by atoms with Gasteiger partial charge < -0.3 is 20.1 Å². The van der Waals surface area contributed by atoms with Gasteiger partial charge in [0.15, 0.2) is 11.9 Å². The first kappa shape index (κ1) is 21.5. The van der Waals surface area contributed by atoms with Crippen molar-refractivity contribution >= 4 is 23.3 Å². The second-order valence-electron chi connectivity index (χ2n) is 9.24. The van der Waals surface area contributed by atoms with Gasteiger partial charge in [0.05, 0.1) is 11.3 Å². The van der Waals surface area contributed by atoms with Crippen LogP contribution in [0.2, 0.25) is 0 Å². The predicted molar refractivity (Wildman–Crippen MR) is 123 cm³/mol. The van der Waals surface area contributed by atoms with Crippen LogP contribution in [0.3, 0.4) is 0 Å². The summed E-state index contributed by atoms with van der Waals surface area (Å²) in [6.07, 6.45) is 4.68. The molecule has 2 N–H and O–H groups in total. The first-order valence-electron chi connectivity index (χ1n) is 11.7. The van der Waals surface area contributed by atoms with Crippen molar-refractivity contribution in [1.29, 1.82) is 0 Å². The number of likely N-dealkylation sites (tertiary alicyclic amines) is 1. The normalized spacial score (nSPS) is 20.3. The molecule has 0 spiro atoms. The van der Waals surface area contributed by atoms with Crippen LogP contribution >= 0.6 is 0 Å². The highest BCUT2D eigenvalue weighted by molar-refractivity contribution is 6.03. The van der Waals surface area contributed by atoms with Gasteiger partial charge in [-0.1, -0.05) is 0 Å². The summed E-state index contributed by atoms with van der Waals surface area (Å²) in [6.45, 7) is 2.61. The molecule has 0 saturated carbocycles. The lowest BCUT2D eigenvalue weighted by Crippen LogP contribution is -2.40. The van der Waals surface area contributed by atoms with E-state index in [0.717, 1.165) is 36.8 Å². The maximum absolute atomic E-state index is 13.1. The fourth-order valence-electron chi connectivity index (χ4n) is 5.06. The van der Waals surface area contributed by atoms with E-state index in [9.17, 15) is 19.5 Å². The summed E-state index contributed by atoms with van der Waals surface area (Å²) in [4.78, 5) is 39.8. The van der Waals surface area contributed by atoms with Crippen LogP contribution in [0, 0.1) is 5.92 Å². The Bertz CT molecular complexity index is 1130. The van der Waals surface area contributed by atoms with E-state index in [1.807, 2.05) is 6.07 Å². The van der Waals surface area contributed by atoms with Gasteiger partial charge in [-0.2, -0.15) is 0 Å². The SMILES string of the molecule is CC1Oc2ccc(C(=O)C3CCN(C(=O)c4cc5c(cc4O)CCCC5)CC3)cc2NC1=O. The number of phenols is 1. The lowest BCUT2D eigenvalue weighted by atomic mass is 9.87. The van der Waals surface area contributed by atoms with E-state index >= 15 is 0 Å². The van der Waals surface area contributed by atoms with E-state index in [0.29, 0.717) is 48.5 Å². The number of nitrogens with zero attached hydrogens (tertiary/aromatic N) is 1. The van der Waals surface area contributed by atoms with Crippen molar-refractivity contribution in [2.45, 2.75) is 51.6 Å². The Morgan fingerprint density at radius 3 is 2.48 bits per heavy atom. The number of Topliss-reactive ketones (excluding diaryl/α,β-unsaturated/α-hetero) is 1. The van der Waals surface area contributed by atoms with Crippen molar-refractivity contribution in [2.24, 2.45) is 5.92 Å². The van der Waals surface area contributed by atoms with Crippen LogP contribution in [0.5, 0.6) is 11.5 Å². The number of ether oxygens (including phenoxy) is 1. The lowest BCUT2D eigenvalue weighted by Gasteiger charge is -2.32. The fourth-order valence-corrected chi connectivity index (χ4v) is 5.06. The van der Waals surface area contributed by atoms with Gasteiger partial charge in [-0.15, -0.1) is 0 Å². The average molecular weight is 449 g/mol. The molecule has 2 aromatic carbocycles. The van der Waals surface area contributed by atoms with Crippen LogP contribution in [-0.4, -0.2) is 46.8 Å². The Labute approximate surface area is 192 Å². The second kappa shape index (κ2) is 8.54. The Kier molecular flexibility index (Phi) is 5.56. The number of nitrogens with one attached hydrogen (secondary N) is 1. The maximum Gasteiger partial charge on any atom is 0.265 e. The van der Waals surface area contributed by atoms with Crippen LogP contribution < -0.4 is 10.1 Å². The number of amides is 2. The van der Waals surface area contributed by atoms with Gasteiger partial charge in [0.1, 0.15) is 11.5 Å². The van der Waals surface area contributed by atoms with Gasteiger partial charge in [0.2, 0.25) is 0 Å². The third-order valence-corrected chi connectivity index (χ3v) is 7.04. The number of hydrogen-bond acceptors (Lipinski definition) is 5. The third-order valence-electron chi connectivity index (χ3n) is 7.04. The molecule has 2 heterocycles. The maximum atomic E-state index is 13.1. The van der Waals surface area contributed by atoms with Crippen molar-refractivity contribution in [2.75, 3.05) is 18.4 Å². The summed E-state index contributed by atoms with van der Waals surface area (Å²) in [7, 11) is 0. The van der Waals surface area contributed by atoms with Crippen molar-refractivity contribution in [3.8, 4) is 11.5 Å². The van der Waals surface area contributed by atoms with E-state index < -0.39 is 6.10 Å². The summed E-state index contributed by atoms with van der Waals surface area (Å²) in [5, 5.41) is 13.2. The van der Waals surface area contributed by atoms with Crippen molar-refractivity contribution < 1.29 is 24.2 Å². The number of piperidine rings is 1. The number of benzene rings is 2. The van der Waals surface area contributed by atoms with Gasteiger partial charge in [-0.3, -0.25) is 14.4 Å². The summed E-state index contributed by atoms with van der Waals surface area (Å²) in [5.41, 5.74) is 3.70. The third kappa shape index (κ3) is 4.08. The first-order chi connectivity index (χ1) is 15.9. The highest BCUT2D eigenvalue weighted by Gasteiger charge is 2.31. The number of aryl methyl sites for hydroxylation is 2. The zero-order valence-electron chi connectivity index (χ0n) is 18.7. The molecule has 1 atom stereocenters. The van der Waals surface area contributed by atoms with E-state index in [4.69, 9.17) is 4.74 Å². The minimum absolute atomic E-state index is 0.00870. The minimum atomic E-state index is -0.560. The molecule has 172 valence electrons. The van der Waals surface area contributed by atoms with Gasteiger partial charge in [0, 0.05) is 24.6 Å². The number of carbonyl (C=O) groups is 3. The molecule has 1 aliphatic carbocycles. The van der Waals surface area contributed by atoms with Crippen molar-refractivity contribution in [3.63, 3.8) is 0 Å². The smallest absolute Gasteiger partial charge is 0.265 e. The summed E-state index contributed by atoms with van der Waals surface area (Å²) < 4.78 is 5.56. The highest BCUT2D eigenvalue weighted by Crippen LogP contribution is 2.33. The first-order valence-corrected chi connectivity index (χ1v) is 11.7. The molecule has 2 aliphatic heterocycles. The number of hydrogen-bond donors (Lipinski definition) is 2. The fraction of sp³-hybridized carbons (Fsp3) is 0.423. The number of carbonyl (C=O) groups excluding carboxylic acids is 3. The van der Waals surface area contributed by atoms with Gasteiger partial charge in [-0.05, 0) is 86.9 Å². The molecular weight excluding hydrogens is 420 g/mol. The predicted octanol–water partition coefficient (Wildman–Crippen LogP) is 3.73. The number of aromatic hydroxyl groups is 1. The Hall–Kier alpha value is -3.35. The molecule has 33 heavy (non-hydrogen) atoms. The molecule has 0 radical (unpaired) electrons. The second-order valence-corrected chi connectivity index (χ2v) is 9.24. The highest BCUT2D eigenvalue weighted by atomic mass is 16.5. The molecule has 7 heteroatoms. The van der Waals surface area contributed by atoms with E-state index in [1.54, 1.807) is 36.1 Å². The molecule has 2 aromatic rings. The van der Waals surface area contributed by atoms with E-state index in [-0.39, 0.29) is 29.3 Å². The number of anilines is 1. The van der Waals surface area contributed by atoms with Crippen LogP contribution in [0.25, 0.3) is 0 Å². The molecule has 1 unspecified atom stereocenters. The zero-order chi connectivity index (χ0) is 23.1. The average Bonchev–Trinajstić information content (AvgIpc) is 2.83. The van der Waals surface area contributed by atoms with Gasteiger partial charge in [-0.25, -0.2) is 0 Å². The number of phenolic OH excluding ortho intramolecular Hbond substituents is 1. The topological polar surface area (TPSA) is 95.9 Å². The Morgan fingerprint density at radius 1 is 1.06 bits per heavy atom. The van der Waals surface area contributed by atoms with Crippen LogP contribution in [-0.2, 0) is 17.6 Å². The van der Waals surface area contributed by atoms with E-state index in [1.165, 1.54) is 0 Å². The molecule has 3 aliphatic rings. The minimum Gasteiger partial charge on any atom is -0.507 e. The van der Waals surface area contributed by atoms with Crippen molar-refractivity contribution in [1.82, 2.24) is 4.90 Å². The summed E-state index contributed by atoms with van der Waals surface area (Å²) >= 11 is 0. The molecule has 0 bridgehead atoms. The van der Waals surface area contributed by atoms with Crippen LogP contribution in [0.15, 0.2) is 30.3 Å². The Morgan fingerprint density at radius 2 is 1.76 bits per heavy atom. The summed E-state index contributed by atoms with van der Waals surface area (Å²) in [6, 6.07) is 8.72. The molecular formula is C26H28N2O5. The molecule has 0 aromatic heterocycles. The van der Waals surface area contributed by atoms with Crippen LogP contribution in [0.4, 0.5) is 5.69 Å². The summed E-state index contributed by atoms with van der Waals surface area (Å²) in [5.74, 6) is 0.0204. The van der Waals surface area contributed by atoms with Gasteiger partial charge >= 0.3 is 0 Å².